The second-order valence-corrected chi connectivity index (χ2v) is 5.24. The third kappa shape index (κ3) is 2.91. The fourth-order valence-electron chi connectivity index (χ4n) is 1.53. The zero-order chi connectivity index (χ0) is 12.4. The molecule has 0 aliphatic rings. The third-order valence-electron chi connectivity index (χ3n) is 2.41. The lowest BCUT2D eigenvalue weighted by atomic mass is 10.0. The van der Waals surface area contributed by atoms with Crippen molar-refractivity contribution in [2.24, 2.45) is 0 Å². The van der Waals surface area contributed by atoms with Crippen molar-refractivity contribution in [1.29, 1.82) is 0 Å². The quantitative estimate of drug-likeness (QED) is 0.904. The van der Waals surface area contributed by atoms with Gasteiger partial charge in [0.25, 0.3) is 0 Å². The van der Waals surface area contributed by atoms with Crippen molar-refractivity contribution < 1.29 is 13.9 Å². The smallest absolute Gasteiger partial charge is 0.159 e. The summed E-state index contributed by atoms with van der Waals surface area (Å²) in [6.45, 7) is 0. The maximum Gasteiger partial charge on any atom is 0.159 e. The van der Waals surface area contributed by atoms with E-state index in [9.17, 15) is 13.9 Å². The molecule has 1 heterocycles. The van der Waals surface area contributed by atoms with Gasteiger partial charge in [-0.15, -0.1) is 0 Å². The normalized spacial score (nSPS) is 12.7. The van der Waals surface area contributed by atoms with Crippen molar-refractivity contribution >= 4 is 27.3 Å². The van der Waals surface area contributed by atoms with Gasteiger partial charge in [-0.25, -0.2) is 8.78 Å². The van der Waals surface area contributed by atoms with E-state index in [-0.39, 0.29) is 6.42 Å². The lowest BCUT2D eigenvalue weighted by Crippen LogP contribution is -2.02. The van der Waals surface area contributed by atoms with Gasteiger partial charge >= 0.3 is 0 Å². The molecule has 0 spiro atoms. The van der Waals surface area contributed by atoms with Crippen LogP contribution in [0, 0.1) is 11.6 Å². The lowest BCUT2D eigenvalue weighted by molar-refractivity contribution is 0.178. The SMILES string of the molecule is OC(Cc1ccc(F)c(F)c1)c1cscc1Br. The summed E-state index contributed by atoms with van der Waals surface area (Å²) in [5.41, 5.74) is 1.33. The van der Waals surface area contributed by atoms with Gasteiger partial charge in [0.1, 0.15) is 0 Å². The number of aliphatic hydroxyl groups is 1. The van der Waals surface area contributed by atoms with E-state index < -0.39 is 17.7 Å². The molecule has 1 atom stereocenters. The fourth-order valence-corrected chi connectivity index (χ4v) is 3.14. The number of hydrogen-bond donors (Lipinski definition) is 1. The molecule has 1 nitrogen and oxygen atoms in total. The Labute approximate surface area is 110 Å². The highest BCUT2D eigenvalue weighted by Crippen LogP contribution is 2.29. The average Bonchev–Trinajstić information content (AvgIpc) is 2.70. The standard InChI is InChI=1S/C12H9BrF2OS/c13-9-6-17-5-8(9)12(16)4-7-1-2-10(14)11(15)3-7/h1-3,5-6,12,16H,4H2. The summed E-state index contributed by atoms with van der Waals surface area (Å²) in [6, 6.07) is 3.65. The van der Waals surface area contributed by atoms with Crippen LogP contribution >= 0.6 is 27.3 Å². The number of benzene rings is 1. The topological polar surface area (TPSA) is 20.2 Å². The van der Waals surface area contributed by atoms with E-state index in [4.69, 9.17) is 0 Å². The first-order chi connectivity index (χ1) is 8.08. The number of aliphatic hydroxyl groups excluding tert-OH is 1. The van der Waals surface area contributed by atoms with Gasteiger partial charge in [-0.1, -0.05) is 6.07 Å². The van der Waals surface area contributed by atoms with Crippen LogP contribution in [0.2, 0.25) is 0 Å². The van der Waals surface area contributed by atoms with Crippen molar-refractivity contribution in [3.8, 4) is 0 Å². The van der Waals surface area contributed by atoms with E-state index in [1.54, 1.807) is 0 Å². The van der Waals surface area contributed by atoms with E-state index in [1.165, 1.54) is 17.4 Å². The van der Waals surface area contributed by atoms with Gasteiger partial charge in [0, 0.05) is 21.8 Å². The summed E-state index contributed by atoms with van der Waals surface area (Å²) in [6.07, 6.45) is -0.465. The summed E-state index contributed by atoms with van der Waals surface area (Å²) in [7, 11) is 0. The molecule has 0 saturated carbocycles. The zero-order valence-corrected chi connectivity index (χ0v) is 11.1. The number of thiophene rings is 1. The minimum Gasteiger partial charge on any atom is -0.388 e. The highest BCUT2D eigenvalue weighted by Gasteiger charge is 2.14. The third-order valence-corrected chi connectivity index (χ3v) is 4.17. The van der Waals surface area contributed by atoms with Crippen molar-refractivity contribution in [1.82, 2.24) is 0 Å². The predicted molar refractivity (Wildman–Crippen MR) is 67.0 cm³/mol. The minimum absolute atomic E-state index is 0.256. The van der Waals surface area contributed by atoms with Crippen LogP contribution in [0.1, 0.15) is 17.2 Å². The molecule has 0 aliphatic carbocycles. The van der Waals surface area contributed by atoms with Crippen LogP contribution in [0.15, 0.2) is 33.4 Å². The van der Waals surface area contributed by atoms with Gasteiger partial charge in [-0.05, 0) is 39.0 Å². The molecule has 2 aromatic rings. The van der Waals surface area contributed by atoms with Crippen molar-refractivity contribution in [3.05, 3.63) is 56.2 Å². The van der Waals surface area contributed by atoms with Gasteiger partial charge in [0.2, 0.25) is 0 Å². The van der Waals surface area contributed by atoms with Gasteiger partial charge in [-0.2, -0.15) is 11.3 Å². The molecule has 2 rings (SSSR count). The molecule has 0 saturated heterocycles. The highest BCUT2D eigenvalue weighted by atomic mass is 79.9. The Hall–Kier alpha value is -0.780. The monoisotopic (exact) mass is 318 g/mol. The van der Waals surface area contributed by atoms with Gasteiger partial charge in [0.05, 0.1) is 6.10 Å². The first kappa shape index (κ1) is 12.7. The molecule has 1 aromatic heterocycles. The van der Waals surface area contributed by atoms with Crippen molar-refractivity contribution in [3.63, 3.8) is 0 Å². The van der Waals surface area contributed by atoms with Crippen LogP contribution in [-0.2, 0) is 6.42 Å². The van der Waals surface area contributed by atoms with Crippen molar-refractivity contribution in [2.45, 2.75) is 12.5 Å². The summed E-state index contributed by atoms with van der Waals surface area (Å²) in [5.74, 6) is -1.76. The Bertz CT molecular complexity index is 527. The first-order valence-electron chi connectivity index (χ1n) is 4.91. The van der Waals surface area contributed by atoms with Gasteiger partial charge < -0.3 is 5.11 Å². The maximum absolute atomic E-state index is 13.0. The molecule has 0 aliphatic heterocycles. The number of halogens is 3. The second kappa shape index (κ2) is 5.25. The Balaban J connectivity index is 2.16. The van der Waals surface area contributed by atoms with Crippen LogP contribution in [-0.4, -0.2) is 5.11 Å². The Kier molecular flexibility index (Phi) is 3.91. The molecule has 0 amide bonds. The molecule has 1 aromatic carbocycles. The number of rotatable bonds is 3. The molecule has 90 valence electrons. The van der Waals surface area contributed by atoms with E-state index in [1.807, 2.05) is 10.8 Å². The average molecular weight is 319 g/mol. The Morgan fingerprint density at radius 2 is 2.00 bits per heavy atom. The van der Waals surface area contributed by atoms with Gasteiger partial charge in [0.15, 0.2) is 11.6 Å². The van der Waals surface area contributed by atoms with E-state index in [0.29, 0.717) is 5.56 Å². The Morgan fingerprint density at radius 3 is 2.59 bits per heavy atom. The molecular formula is C12H9BrF2OS. The lowest BCUT2D eigenvalue weighted by Gasteiger charge is -2.10. The molecular weight excluding hydrogens is 310 g/mol. The molecule has 1 unspecified atom stereocenters. The molecule has 17 heavy (non-hydrogen) atoms. The van der Waals surface area contributed by atoms with Crippen LogP contribution in [0.3, 0.4) is 0 Å². The largest absolute Gasteiger partial charge is 0.388 e. The van der Waals surface area contributed by atoms with Crippen LogP contribution in [0.4, 0.5) is 8.78 Å². The van der Waals surface area contributed by atoms with Crippen LogP contribution in [0.5, 0.6) is 0 Å². The molecule has 0 fully saturated rings. The highest BCUT2D eigenvalue weighted by molar-refractivity contribution is 9.10. The summed E-state index contributed by atoms with van der Waals surface area (Å²) < 4.78 is 26.5. The number of hydrogen-bond acceptors (Lipinski definition) is 2. The summed E-state index contributed by atoms with van der Waals surface area (Å²) >= 11 is 4.79. The summed E-state index contributed by atoms with van der Waals surface area (Å²) in [4.78, 5) is 0. The zero-order valence-electron chi connectivity index (χ0n) is 8.66. The second-order valence-electron chi connectivity index (χ2n) is 3.64. The molecule has 1 N–H and O–H groups in total. The van der Waals surface area contributed by atoms with E-state index in [0.717, 1.165) is 22.2 Å². The molecule has 0 radical (unpaired) electrons. The van der Waals surface area contributed by atoms with Crippen LogP contribution < -0.4 is 0 Å². The fraction of sp³-hybridized carbons (Fsp3) is 0.167. The predicted octanol–water partition coefficient (Wildman–Crippen LogP) is 4.06. The van der Waals surface area contributed by atoms with Crippen LogP contribution in [0.25, 0.3) is 0 Å². The van der Waals surface area contributed by atoms with E-state index >= 15 is 0 Å². The maximum atomic E-state index is 13.0. The summed E-state index contributed by atoms with van der Waals surface area (Å²) in [5, 5.41) is 13.7. The minimum atomic E-state index is -0.890. The van der Waals surface area contributed by atoms with Gasteiger partial charge in [-0.3, -0.25) is 0 Å². The molecule has 0 bridgehead atoms. The first-order valence-corrected chi connectivity index (χ1v) is 6.65. The van der Waals surface area contributed by atoms with Crippen molar-refractivity contribution in [2.75, 3.05) is 0 Å². The van der Waals surface area contributed by atoms with E-state index in [2.05, 4.69) is 15.9 Å². The Morgan fingerprint density at radius 1 is 1.24 bits per heavy atom. The molecule has 5 heteroatoms.